The molecule has 1 N–H and O–H groups in total. The molecule has 1 amide bonds. The second kappa shape index (κ2) is 5.92. The van der Waals surface area contributed by atoms with Gasteiger partial charge in [-0.05, 0) is 12.5 Å². The number of ether oxygens (including phenoxy) is 1. The van der Waals surface area contributed by atoms with E-state index in [1.54, 1.807) is 0 Å². The molecule has 1 fully saturated rings. The number of aliphatic carboxylic acids is 1. The molecule has 0 spiro atoms. The number of carbonyl (C=O) groups is 2. The van der Waals surface area contributed by atoms with Gasteiger partial charge in [-0.25, -0.2) is 4.79 Å². The summed E-state index contributed by atoms with van der Waals surface area (Å²) in [6.07, 6.45) is -0.711. The summed E-state index contributed by atoms with van der Waals surface area (Å²) in [5.41, 5.74) is 0. The van der Waals surface area contributed by atoms with Gasteiger partial charge in [-0.15, -0.1) is 0 Å². The minimum atomic E-state index is -1.32. The molecule has 1 saturated heterocycles. The summed E-state index contributed by atoms with van der Waals surface area (Å²) in [7, 11) is 0. The zero-order valence-electron chi connectivity index (χ0n) is 11.2. The fourth-order valence-electron chi connectivity index (χ4n) is 2.27. The van der Waals surface area contributed by atoms with E-state index >= 15 is 0 Å². The Hall–Kier alpha value is -2.42. The van der Waals surface area contributed by atoms with Gasteiger partial charge in [0.2, 0.25) is 5.91 Å². The van der Waals surface area contributed by atoms with Gasteiger partial charge < -0.3 is 19.2 Å². The van der Waals surface area contributed by atoms with Crippen LogP contribution in [0.4, 0.5) is 5.88 Å². The number of carboxylic acid groups (broad SMARTS) is 1. The van der Waals surface area contributed by atoms with Crippen LogP contribution < -0.4 is 0 Å². The number of carboxylic acids is 1. The van der Waals surface area contributed by atoms with E-state index in [2.05, 4.69) is 0 Å². The van der Waals surface area contributed by atoms with Gasteiger partial charge in [-0.3, -0.25) is 14.9 Å². The monoisotopic (exact) mass is 298 g/mol. The minimum Gasteiger partial charge on any atom is -0.479 e. The Morgan fingerprint density at radius 1 is 1.57 bits per heavy atom. The van der Waals surface area contributed by atoms with Crippen LogP contribution >= 0.6 is 0 Å². The van der Waals surface area contributed by atoms with E-state index in [-0.39, 0.29) is 18.3 Å². The van der Waals surface area contributed by atoms with Gasteiger partial charge in [-0.2, -0.15) is 0 Å². The van der Waals surface area contributed by atoms with Crippen LogP contribution in [-0.2, 0) is 14.3 Å². The van der Waals surface area contributed by atoms with Crippen molar-refractivity contribution in [2.24, 2.45) is 0 Å². The smallest absolute Gasteiger partial charge is 0.433 e. The predicted octanol–water partition coefficient (Wildman–Crippen LogP) is 0.951. The van der Waals surface area contributed by atoms with E-state index in [4.69, 9.17) is 9.15 Å². The van der Waals surface area contributed by atoms with Crippen molar-refractivity contribution in [3.05, 3.63) is 28.0 Å². The van der Waals surface area contributed by atoms with Crippen LogP contribution in [0.5, 0.6) is 0 Å². The number of amides is 1. The Labute approximate surface area is 119 Å². The summed E-state index contributed by atoms with van der Waals surface area (Å²) in [4.78, 5) is 34.5. The Morgan fingerprint density at radius 2 is 2.29 bits per heavy atom. The molecule has 0 bridgehead atoms. The number of rotatable bonds is 5. The maximum atomic E-state index is 11.9. The molecule has 2 atom stereocenters. The first-order chi connectivity index (χ1) is 9.95. The Balaban J connectivity index is 2.40. The topological polar surface area (TPSA) is 123 Å². The number of carbonyl (C=O) groups excluding carboxylic acids is 1. The highest BCUT2D eigenvalue weighted by Gasteiger charge is 2.43. The number of nitro groups is 1. The van der Waals surface area contributed by atoms with Crippen molar-refractivity contribution in [1.29, 1.82) is 0 Å². The van der Waals surface area contributed by atoms with Crippen LogP contribution in [0.1, 0.15) is 25.1 Å². The molecule has 2 heterocycles. The quantitative estimate of drug-likeness (QED) is 0.634. The number of furan rings is 1. The van der Waals surface area contributed by atoms with E-state index in [1.807, 2.05) is 6.92 Å². The molecule has 0 aromatic carbocycles. The Morgan fingerprint density at radius 3 is 2.81 bits per heavy atom. The van der Waals surface area contributed by atoms with E-state index in [9.17, 15) is 24.8 Å². The van der Waals surface area contributed by atoms with Crippen LogP contribution in [0.2, 0.25) is 0 Å². The average Bonchev–Trinajstić information content (AvgIpc) is 2.90. The van der Waals surface area contributed by atoms with Gasteiger partial charge in [0, 0.05) is 6.54 Å². The molecule has 0 radical (unpaired) electrons. The minimum absolute atomic E-state index is 0.0237. The van der Waals surface area contributed by atoms with E-state index in [1.165, 1.54) is 11.0 Å². The fourth-order valence-corrected chi connectivity index (χ4v) is 2.27. The average molecular weight is 298 g/mol. The molecule has 2 rings (SSSR count). The first-order valence-corrected chi connectivity index (χ1v) is 6.33. The Kier molecular flexibility index (Phi) is 4.22. The largest absolute Gasteiger partial charge is 0.479 e. The molecule has 114 valence electrons. The molecule has 0 saturated carbocycles. The zero-order chi connectivity index (χ0) is 15.6. The molecule has 1 aromatic heterocycles. The van der Waals surface area contributed by atoms with Crippen molar-refractivity contribution in [2.45, 2.75) is 25.5 Å². The first-order valence-electron chi connectivity index (χ1n) is 6.33. The van der Waals surface area contributed by atoms with E-state index < -0.39 is 28.9 Å². The van der Waals surface area contributed by atoms with Crippen molar-refractivity contribution in [3.8, 4) is 0 Å². The van der Waals surface area contributed by atoms with Crippen molar-refractivity contribution in [3.63, 3.8) is 0 Å². The predicted molar refractivity (Wildman–Crippen MR) is 67.5 cm³/mol. The third-order valence-corrected chi connectivity index (χ3v) is 3.12. The molecule has 21 heavy (non-hydrogen) atoms. The van der Waals surface area contributed by atoms with E-state index in [0.29, 0.717) is 13.0 Å². The van der Waals surface area contributed by atoms with Gasteiger partial charge in [0.1, 0.15) is 23.3 Å². The molecule has 9 nitrogen and oxygen atoms in total. The maximum absolute atomic E-state index is 11.9. The van der Waals surface area contributed by atoms with Crippen LogP contribution in [-0.4, -0.2) is 46.1 Å². The maximum Gasteiger partial charge on any atom is 0.433 e. The number of nitrogens with zero attached hydrogens (tertiary/aromatic N) is 2. The number of hydrogen-bond donors (Lipinski definition) is 1. The number of morpholine rings is 1. The zero-order valence-corrected chi connectivity index (χ0v) is 11.2. The molecule has 1 aliphatic rings. The molecule has 9 heteroatoms. The summed E-state index contributed by atoms with van der Waals surface area (Å²) in [5, 5.41) is 19.9. The van der Waals surface area contributed by atoms with Crippen LogP contribution in [0, 0.1) is 10.1 Å². The standard InChI is InChI=1S/C12H14N2O7/c1-2-5-13-8(15)6-20-11(12(16)17)10(13)7-3-4-9(21-7)14(18)19/h3-4,10-11H,2,5-6H2,1H3,(H,16,17). The lowest BCUT2D eigenvalue weighted by Gasteiger charge is -2.37. The molecular formula is C12H14N2O7. The lowest BCUT2D eigenvalue weighted by Crippen LogP contribution is -2.51. The van der Waals surface area contributed by atoms with Gasteiger partial charge in [0.25, 0.3) is 0 Å². The second-order valence-electron chi connectivity index (χ2n) is 4.53. The fraction of sp³-hybridized carbons (Fsp3) is 0.500. The summed E-state index contributed by atoms with van der Waals surface area (Å²) in [6.45, 7) is 1.81. The van der Waals surface area contributed by atoms with Crippen LogP contribution in [0.25, 0.3) is 0 Å². The highest BCUT2D eigenvalue weighted by atomic mass is 16.6. The van der Waals surface area contributed by atoms with Crippen LogP contribution in [0.3, 0.4) is 0 Å². The molecule has 2 unspecified atom stereocenters. The van der Waals surface area contributed by atoms with Crippen molar-refractivity contribution in [2.75, 3.05) is 13.2 Å². The lowest BCUT2D eigenvalue weighted by atomic mass is 10.0. The third kappa shape index (κ3) is 2.87. The van der Waals surface area contributed by atoms with E-state index in [0.717, 1.165) is 6.07 Å². The SMILES string of the molecule is CCCN1C(=O)COC(C(=O)O)C1c1ccc([N+](=O)[O-])o1. The second-order valence-corrected chi connectivity index (χ2v) is 4.53. The van der Waals surface area contributed by atoms with Gasteiger partial charge in [0.05, 0.1) is 6.07 Å². The van der Waals surface area contributed by atoms with Gasteiger partial charge in [-0.1, -0.05) is 6.92 Å². The van der Waals surface area contributed by atoms with Crippen molar-refractivity contribution in [1.82, 2.24) is 4.90 Å². The Bertz CT molecular complexity index is 568. The highest BCUT2D eigenvalue weighted by Crippen LogP contribution is 2.33. The summed E-state index contributed by atoms with van der Waals surface area (Å²) >= 11 is 0. The summed E-state index contributed by atoms with van der Waals surface area (Å²) in [5.74, 6) is -2.12. The summed E-state index contributed by atoms with van der Waals surface area (Å²) < 4.78 is 10.1. The molecule has 1 aliphatic heterocycles. The van der Waals surface area contributed by atoms with Gasteiger partial charge in [0.15, 0.2) is 6.10 Å². The first kappa shape index (κ1) is 15.0. The normalized spacial score (nSPS) is 22.3. The lowest BCUT2D eigenvalue weighted by molar-refractivity contribution is -0.402. The van der Waals surface area contributed by atoms with Crippen molar-refractivity contribution < 1.29 is 28.8 Å². The molecular weight excluding hydrogens is 284 g/mol. The summed E-state index contributed by atoms with van der Waals surface area (Å²) in [6, 6.07) is 1.40. The van der Waals surface area contributed by atoms with Crippen molar-refractivity contribution >= 4 is 17.8 Å². The van der Waals surface area contributed by atoms with Crippen LogP contribution in [0.15, 0.2) is 16.5 Å². The number of hydrogen-bond acceptors (Lipinski definition) is 6. The molecule has 1 aromatic rings. The van der Waals surface area contributed by atoms with Gasteiger partial charge >= 0.3 is 11.9 Å². The third-order valence-electron chi connectivity index (χ3n) is 3.12. The highest BCUT2D eigenvalue weighted by molar-refractivity contribution is 5.82. The molecule has 0 aliphatic carbocycles.